The summed E-state index contributed by atoms with van der Waals surface area (Å²) in [6, 6.07) is 5.72. The van der Waals surface area contributed by atoms with Crippen molar-refractivity contribution in [3.05, 3.63) is 46.8 Å². The van der Waals surface area contributed by atoms with Crippen molar-refractivity contribution in [1.82, 2.24) is 24.9 Å². The largest absolute Gasteiger partial charge is 0.496 e. The first kappa shape index (κ1) is 17.0. The molecule has 3 aromatic heterocycles. The van der Waals surface area contributed by atoms with Crippen molar-refractivity contribution in [1.29, 1.82) is 0 Å². The summed E-state index contributed by atoms with van der Waals surface area (Å²) in [4.78, 5) is 20.3. The molecule has 0 unspecified atom stereocenters. The van der Waals surface area contributed by atoms with Gasteiger partial charge in [0.15, 0.2) is 5.65 Å². The van der Waals surface area contributed by atoms with Crippen LogP contribution in [-0.2, 0) is 5.75 Å². The highest BCUT2D eigenvalue weighted by molar-refractivity contribution is 9.10. The minimum absolute atomic E-state index is 0.533. The minimum atomic E-state index is 0.533. The molecule has 0 aliphatic carbocycles. The Morgan fingerprint density at radius 1 is 1.27 bits per heavy atom. The van der Waals surface area contributed by atoms with Crippen LogP contribution < -0.4 is 4.74 Å². The number of rotatable bonds is 5. The van der Waals surface area contributed by atoms with Crippen molar-refractivity contribution < 1.29 is 9.15 Å². The molecule has 0 aliphatic rings. The lowest BCUT2D eigenvalue weighted by atomic mass is 10.2. The number of imidazole rings is 1. The summed E-state index contributed by atoms with van der Waals surface area (Å²) in [6.45, 7) is 1.91. The number of benzene rings is 1. The zero-order valence-electron chi connectivity index (χ0n) is 14.0. The second-order valence-electron chi connectivity index (χ2n) is 5.44. The molecule has 0 saturated heterocycles. The molecule has 0 saturated carbocycles. The van der Waals surface area contributed by atoms with E-state index in [2.05, 4.69) is 40.8 Å². The van der Waals surface area contributed by atoms with Gasteiger partial charge in [0.1, 0.15) is 28.4 Å². The number of halogens is 1. The Bertz CT molecular complexity index is 1080. The maximum absolute atomic E-state index is 5.88. The van der Waals surface area contributed by atoms with E-state index in [-0.39, 0.29) is 0 Å². The molecule has 1 aromatic carbocycles. The molecule has 3 heterocycles. The van der Waals surface area contributed by atoms with E-state index in [1.54, 1.807) is 25.2 Å². The maximum Gasteiger partial charge on any atom is 0.230 e. The third kappa shape index (κ3) is 3.19. The quantitative estimate of drug-likeness (QED) is 0.370. The molecule has 0 spiro atoms. The van der Waals surface area contributed by atoms with Crippen LogP contribution in [0.25, 0.3) is 22.6 Å². The number of thioether (sulfide) groups is 1. The number of aromatic nitrogens is 5. The van der Waals surface area contributed by atoms with Crippen LogP contribution in [0.2, 0.25) is 0 Å². The predicted molar refractivity (Wildman–Crippen MR) is 102 cm³/mol. The van der Waals surface area contributed by atoms with Gasteiger partial charge in [-0.1, -0.05) is 27.7 Å². The highest BCUT2D eigenvalue weighted by Gasteiger charge is 2.17. The summed E-state index contributed by atoms with van der Waals surface area (Å²) in [6.07, 6.45) is 3.13. The number of H-pyrrole nitrogens is 1. The van der Waals surface area contributed by atoms with E-state index in [9.17, 15) is 0 Å². The summed E-state index contributed by atoms with van der Waals surface area (Å²) < 4.78 is 12.2. The van der Waals surface area contributed by atoms with Crippen LogP contribution in [0, 0.1) is 6.92 Å². The number of methoxy groups -OCH3 is 1. The predicted octanol–water partition coefficient (Wildman–Crippen LogP) is 4.38. The Hall–Kier alpha value is -2.39. The lowest BCUT2D eigenvalue weighted by molar-refractivity contribution is 0.414. The zero-order valence-corrected chi connectivity index (χ0v) is 16.4. The summed E-state index contributed by atoms with van der Waals surface area (Å²) >= 11 is 5.03. The van der Waals surface area contributed by atoms with E-state index in [1.807, 2.05) is 25.1 Å². The second-order valence-corrected chi connectivity index (χ2v) is 7.31. The summed E-state index contributed by atoms with van der Waals surface area (Å²) in [5.74, 6) is 2.63. The van der Waals surface area contributed by atoms with Gasteiger partial charge < -0.3 is 14.1 Å². The molecule has 4 aromatic rings. The number of hydrogen-bond donors (Lipinski definition) is 1. The molecule has 7 nitrogen and oxygen atoms in total. The van der Waals surface area contributed by atoms with Crippen LogP contribution in [0.1, 0.15) is 11.5 Å². The summed E-state index contributed by atoms with van der Waals surface area (Å²) in [7, 11) is 1.63. The van der Waals surface area contributed by atoms with E-state index < -0.39 is 0 Å². The van der Waals surface area contributed by atoms with Gasteiger partial charge in [-0.15, -0.1) is 0 Å². The van der Waals surface area contributed by atoms with Crippen LogP contribution in [-0.4, -0.2) is 32.0 Å². The molecule has 0 fully saturated rings. The van der Waals surface area contributed by atoms with Crippen LogP contribution >= 0.6 is 27.7 Å². The Kier molecular flexibility index (Phi) is 4.64. The number of nitrogens with one attached hydrogen (secondary N) is 1. The SMILES string of the molecule is COc1ccc(Br)cc1-c1nc(CSc2ncnc3nc[nH]c23)c(C)o1. The van der Waals surface area contributed by atoms with Crippen molar-refractivity contribution in [2.45, 2.75) is 17.7 Å². The van der Waals surface area contributed by atoms with Crippen molar-refractivity contribution in [3.8, 4) is 17.2 Å². The van der Waals surface area contributed by atoms with E-state index in [0.29, 0.717) is 23.0 Å². The fourth-order valence-electron chi connectivity index (χ4n) is 2.51. The van der Waals surface area contributed by atoms with Crippen LogP contribution in [0.15, 0.2) is 44.8 Å². The van der Waals surface area contributed by atoms with Gasteiger partial charge in [0.2, 0.25) is 5.89 Å². The number of aryl methyl sites for hydroxylation is 1. The van der Waals surface area contributed by atoms with Gasteiger partial charge in [-0.05, 0) is 25.1 Å². The fourth-order valence-corrected chi connectivity index (χ4v) is 3.83. The lowest BCUT2D eigenvalue weighted by Gasteiger charge is -2.05. The standard InChI is InChI=1S/C17H14BrN5O2S/c1-9-12(6-26-17-14-15(20-7-19-14)21-8-22-17)23-16(25-9)11-5-10(18)3-4-13(11)24-2/h3-5,7-8H,6H2,1-2H3,(H,19,20,21,22). The normalized spacial score (nSPS) is 11.2. The topological polar surface area (TPSA) is 89.7 Å². The van der Waals surface area contributed by atoms with Crippen molar-refractivity contribution in [2.75, 3.05) is 7.11 Å². The highest BCUT2D eigenvalue weighted by Crippen LogP contribution is 2.34. The molecule has 132 valence electrons. The molecule has 0 radical (unpaired) electrons. The van der Waals surface area contributed by atoms with Crippen molar-refractivity contribution in [2.24, 2.45) is 0 Å². The Balaban J connectivity index is 1.61. The number of ether oxygens (including phenoxy) is 1. The number of hydrogen-bond acceptors (Lipinski definition) is 7. The Morgan fingerprint density at radius 2 is 2.15 bits per heavy atom. The van der Waals surface area contributed by atoms with Gasteiger partial charge in [0.05, 0.1) is 24.7 Å². The van der Waals surface area contributed by atoms with Gasteiger partial charge in [-0.2, -0.15) is 0 Å². The van der Waals surface area contributed by atoms with Gasteiger partial charge in [0, 0.05) is 10.2 Å². The highest BCUT2D eigenvalue weighted by atomic mass is 79.9. The first-order chi connectivity index (χ1) is 12.7. The molecule has 0 bridgehead atoms. The number of oxazole rings is 1. The Labute approximate surface area is 161 Å². The Morgan fingerprint density at radius 3 is 3.00 bits per heavy atom. The number of fused-ring (bicyclic) bond motifs is 1. The number of aromatic amines is 1. The first-order valence-corrected chi connectivity index (χ1v) is 9.50. The maximum atomic E-state index is 5.88. The molecule has 1 N–H and O–H groups in total. The molecule has 26 heavy (non-hydrogen) atoms. The van der Waals surface area contributed by atoms with Crippen molar-refractivity contribution >= 4 is 38.9 Å². The average molecular weight is 432 g/mol. The van der Waals surface area contributed by atoms with Crippen LogP contribution in [0.4, 0.5) is 0 Å². The smallest absolute Gasteiger partial charge is 0.230 e. The molecule has 0 amide bonds. The molecular weight excluding hydrogens is 418 g/mol. The summed E-state index contributed by atoms with van der Waals surface area (Å²) in [5.41, 5.74) is 3.14. The zero-order chi connectivity index (χ0) is 18.1. The monoisotopic (exact) mass is 431 g/mol. The van der Waals surface area contributed by atoms with Crippen molar-refractivity contribution in [3.63, 3.8) is 0 Å². The van der Waals surface area contributed by atoms with E-state index in [1.165, 1.54) is 6.33 Å². The van der Waals surface area contributed by atoms with Crippen LogP contribution in [0.3, 0.4) is 0 Å². The molecule has 4 rings (SSSR count). The van der Waals surface area contributed by atoms with E-state index >= 15 is 0 Å². The molecule has 0 atom stereocenters. The second kappa shape index (κ2) is 7.08. The third-order valence-electron chi connectivity index (χ3n) is 3.82. The fraction of sp³-hybridized carbons (Fsp3) is 0.176. The van der Waals surface area contributed by atoms with Crippen LogP contribution in [0.5, 0.6) is 5.75 Å². The molecular formula is C17H14BrN5O2S. The van der Waals surface area contributed by atoms with Gasteiger partial charge in [-0.25, -0.2) is 19.9 Å². The molecule has 9 heteroatoms. The van der Waals surface area contributed by atoms with Gasteiger partial charge in [0.25, 0.3) is 0 Å². The minimum Gasteiger partial charge on any atom is -0.496 e. The first-order valence-electron chi connectivity index (χ1n) is 7.73. The van der Waals surface area contributed by atoms with E-state index in [4.69, 9.17) is 9.15 Å². The van der Waals surface area contributed by atoms with E-state index in [0.717, 1.165) is 32.0 Å². The lowest BCUT2D eigenvalue weighted by Crippen LogP contribution is -1.90. The van der Waals surface area contributed by atoms with Gasteiger partial charge in [-0.3, -0.25) is 0 Å². The third-order valence-corrected chi connectivity index (χ3v) is 5.31. The van der Waals surface area contributed by atoms with Gasteiger partial charge >= 0.3 is 0 Å². The average Bonchev–Trinajstić information content (AvgIpc) is 3.26. The number of nitrogens with zero attached hydrogens (tertiary/aromatic N) is 4. The molecule has 0 aliphatic heterocycles. The summed E-state index contributed by atoms with van der Waals surface area (Å²) in [5, 5.41) is 0.830.